The van der Waals surface area contributed by atoms with E-state index in [2.05, 4.69) is 10.3 Å². The van der Waals surface area contributed by atoms with Crippen LogP contribution in [-0.4, -0.2) is 56.4 Å². The highest BCUT2D eigenvalue weighted by atomic mass is 32.2. The first-order valence-corrected chi connectivity index (χ1v) is 8.55. The van der Waals surface area contributed by atoms with Gasteiger partial charge in [0.25, 0.3) is 5.91 Å². The molecule has 0 saturated heterocycles. The SMILES string of the molecule is CCNc1nc(N)c(C(=O)N(C)CCS(C)(=O)=O)s1. The third-order valence-corrected chi connectivity index (χ3v) is 4.26. The molecule has 1 rings (SSSR count). The van der Waals surface area contributed by atoms with Crippen LogP contribution in [0.3, 0.4) is 0 Å². The highest BCUT2D eigenvalue weighted by Gasteiger charge is 2.20. The summed E-state index contributed by atoms with van der Waals surface area (Å²) in [4.78, 5) is 17.8. The van der Waals surface area contributed by atoms with Crippen LogP contribution < -0.4 is 11.1 Å². The summed E-state index contributed by atoms with van der Waals surface area (Å²) in [6.07, 6.45) is 1.13. The Morgan fingerprint density at radius 3 is 2.68 bits per heavy atom. The number of carbonyl (C=O) groups excluding carboxylic acids is 1. The Kier molecular flexibility index (Phi) is 5.12. The molecular weight excluding hydrogens is 288 g/mol. The molecule has 7 nitrogen and oxygen atoms in total. The number of aromatic nitrogens is 1. The Morgan fingerprint density at radius 1 is 1.53 bits per heavy atom. The summed E-state index contributed by atoms with van der Waals surface area (Å²) in [5.74, 6) is -0.228. The number of nitrogens with zero attached hydrogens (tertiary/aromatic N) is 2. The van der Waals surface area contributed by atoms with Crippen molar-refractivity contribution in [2.45, 2.75) is 6.92 Å². The van der Waals surface area contributed by atoms with Crippen LogP contribution in [-0.2, 0) is 9.84 Å². The van der Waals surface area contributed by atoms with Gasteiger partial charge in [0, 0.05) is 26.4 Å². The Bertz CT molecular complexity index is 553. The fraction of sp³-hybridized carbons (Fsp3) is 0.600. The molecule has 0 aliphatic carbocycles. The van der Waals surface area contributed by atoms with E-state index in [1.54, 1.807) is 7.05 Å². The maximum Gasteiger partial charge on any atom is 0.267 e. The maximum absolute atomic E-state index is 12.1. The van der Waals surface area contributed by atoms with Crippen molar-refractivity contribution >= 4 is 38.0 Å². The van der Waals surface area contributed by atoms with Crippen molar-refractivity contribution in [2.24, 2.45) is 0 Å². The third kappa shape index (κ3) is 4.67. The molecule has 1 heterocycles. The molecule has 0 aliphatic rings. The number of anilines is 2. The van der Waals surface area contributed by atoms with Crippen molar-refractivity contribution in [3.8, 4) is 0 Å². The van der Waals surface area contributed by atoms with Gasteiger partial charge >= 0.3 is 0 Å². The second kappa shape index (κ2) is 6.20. The molecule has 0 spiro atoms. The Labute approximate surface area is 116 Å². The summed E-state index contributed by atoms with van der Waals surface area (Å²) in [6, 6.07) is 0. The fourth-order valence-electron chi connectivity index (χ4n) is 1.29. The van der Waals surface area contributed by atoms with E-state index < -0.39 is 9.84 Å². The maximum atomic E-state index is 12.1. The Morgan fingerprint density at radius 2 is 2.16 bits per heavy atom. The molecule has 0 fully saturated rings. The number of carbonyl (C=O) groups is 1. The van der Waals surface area contributed by atoms with E-state index in [0.29, 0.717) is 16.6 Å². The molecule has 1 amide bonds. The molecular formula is C10H18N4O3S2. The minimum atomic E-state index is -3.10. The van der Waals surface area contributed by atoms with Gasteiger partial charge in [0.05, 0.1) is 5.75 Å². The fourth-order valence-corrected chi connectivity index (χ4v) is 2.84. The van der Waals surface area contributed by atoms with Gasteiger partial charge in [0.2, 0.25) is 0 Å². The van der Waals surface area contributed by atoms with Gasteiger partial charge in [-0.15, -0.1) is 0 Å². The lowest BCUT2D eigenvalue weighted by Crippen LogP contribution is -2.31. The molecule has 3 N–H and O–H groups in total. The van der Waals surface area contributed by atoms with Crippen LogP contribution in [0.2, 0.25) is 0 Å². The molecule has 19 heavy (non-hydrogen) atoms. The second-order valence-corrected chi connectivity index (χ2v) is 7.38. The highest BCUT2D eigenvalue weighted by Crippen LogP contribution is 2.25. The molecule has 0 radical (unpaired) electrons. The zero-order chi connectivity index (χ0) is 14.6. The topological polar surface area (TPSA) is 105 Å². The molecule has 0 bridgehead atoms. The summed E-state index contributed by atoms with van der Waals surface area (Å²) in [6.45, 7) is 2.73. The number of amides is 1. The monoisotopic (exact) mass is 306 g/mol. The summed E-state index contributed by atoms with van der Waals surface area (Å²) in [5.41, 5.74) is 5.69. The lowest BCUT2D eigenvalue weighted by molar-refractivity contribution is 0.0809. The van der Waals surface area contributed by atoms with Crippen molar-refractivity contribution in [3.05, 3.63) is 4.88 Å². The van der Waals surface area contributed by atoms with Crippen LogP contribution in [0.25, 0.3) is 0 Å². The predicted octanol–water partition coefficient (Wildman–Crippen LogP) is 0.274. The lowest BCUT2D eigenvalue weighted by atomic mass is 10.4. The molecule has 9 heteroatoms. The summed E-state index contributed by atoms with van der Waals surface area (Å²) < 4.78 is 22.1. The molecule has 0 aromatic carbocycles. The van der Waals surface area contributed by atoms with Crippen molar-refractivity contribution in [1.29, 1.82) is 0 Å². The largest absolute Gasteiger partial charge is 0.382 e. The lowest BCUT2D eigenvalue weighted by Gasteiger charge is -2.15. The quantitative estimate of drug-likeness (QED) is 0.781. The van der Waals surface area contributed by atoms with Crippen LogP contribution in [0.5, 0.6) is 0 Å². The average molecular weight is 306 g/mol. The number of hydrogen-bond acceptors (Lipinski definition) is 7. The highest BCUT2D eigenvalue weighted by molar-refractivity contribution is 7.90. The van der Waals surface area contributed by atoms with Crippen LogP contribution in [0.15, 0.2) is 0 Å². The van der Waals surface area contributed by atoms with Gasteiger partial charge in [-0.05, 0) is 6.92 Å². The van der Waals surface area contributed by atoms with Gasteiger partial charge in [-0.2, -0.15) is 0 Å². The van der Waals surface area contributed by atoms with Gasteiger partial charge in [-0.3, -0.25) is 4.79 Å². The van der Waals surface area contributed by atoms with E-state index in [9.17, 15) is 13.2 Å². The molecule has 0 unspecified atom stereocenters. The third-order valence-electron chi connectivity index (χ3n) is 2.32. The standard InChI is InChI=1S/C10H18N4O3S2/c1-4-12-10-13-8(11)7(18-10)9(15)14(2)5-6-19(3,16)17/h4-6,11H2,1-3H3,(H,12,13). The minimum absolute atomic E-state index is 0.0754. The number of nitrogen functional groups attached to an aromatic ring is 1. The van der Waals surface area contributed by atoms with Crippen molar-refractivity contribution in [1.82, 2.24) is 9.88 Å². The Hall–Kier alpha value is -1.35. The van der Waals surface area contributed by atoms with Gasteiger partial charge in [0.15, 0.2) is 5.13 Å². The van der Waals surface area contributed by atoms with Crippen molar-refractivity contribution < 1.29 is 13.2 Å². The summed E-state index contributed by atoms with van der Waals surface area (Å²) in [5, 5.41) is 3.56. The molecule has 108 valence electrons. The van der Waals surface area contributed by atoms with Crippen molar-refractivity contribution in [3.63, 3.8) is 0 Å². The summed E-state index contributed by atoms with van der Waals surface area (Å²) >= 11 is 1.17. The van der Waals surface area contributed by atoms with Gasteiger partial charge in [-0.25, -0.2) is 13.4 Å². The van der Waals surface area contributed by atoms with E-state index in [4.69, 9.17) is 5.73 Å². The van der Waals surface area contributed by atoms with Crippen LogP contribution in [0.1, 0.15) is 16.6 Å². The van der Waals surface area contributed by atoms with E-state index >= 15 is 0 Å². The Balaban J connectivity index is 2.76. The van der Waals surface area contributed by atoms with Gasteiger partial charge < -0.3 is 16.0 Å². The number of nitrogens with two attached hydrogens (primary N) is 1. The number of thiazole rings is 1. The summed E-state index contributed by atoms with van der Waals surface area (Å²) in [7, 11) is -1.56. The van der Waals surface area contributed by atoms with Crippen molar-refractivity contribution in [2.75, 3.05) is 43.2 Å². The molecule has 1 aromatic rings. The first-order chi connectivity index (χ1) is 8.74. The van der Waals surface area contributed by atoms with E-state index in [1.807, 2.05) is 6.92 Å². The smallest absolute Gasteiger partial charge is 0.267 e. The zero-order valence-corrected chi connectivity index (χ0v) is 12.8. The van der Waals surface area contributed by atoms with Crippen LogP contribution in [0, 0.1) is 0 Å². The van der Waals surface area contributed by atoms with E-state index in [1.165, 1.54) is 16.2 Å². The molecule has 0 aliphatic heterocycles. The van der Waals surface area contributed by atoms with E-state index in [0.717, 1.165) is 6.26 Å². The number of sulfone groups is 1. The van der Waals surface area contributed by atoms with Gasteiger partial charge in [0.1, 0.15) is 20.5 Å². The normalized spacial score (nSPS) is 11.3. The average Bonchev–Trinajstić information content (AvgIpc) is 2.66. The minimum Gasteiger partial charge on any atom is -0.382 e. The first-order valence-electron chi connectivity index (χ1n) is 5.68. The van der Waals surface area contributed by atoms with E-state index in [-0.39, 0.29) is 24.0 Å². The molecule has 0 saturated carbocycles. The van der Waals surface area contributed by atoms with Gasteiger partial charge in [-0.1, -0.05) is 11.3 Å². The first kappa shape index (κ1) is 15.7. The number of rotatable bonds is 6. The van der Waals surface area contributed by atoms with Crippen LogP contribution in [0.4, 0.5) is 10.9 Å². The number of nitrogens with one attached hydrogen (secondary N) is 1. The predicted molar refractivity (Wildman–Crippen MR) is 77.4 cm³/mol. The zero-order valence-electron chi connectivity index (χ0n) is 11.1. The molecule has 0 atom stereocenters. The van der Waals surface area contributed by atoms with Crippen LogP contribution >= 0.6 is 11.3 Å². The second-order valence-electron chi connectivity index (χ2n) is 4.12. The molecule has 1 aromatic heterocycles. The number of hydrogen-bond donors (Lipinski definition) is 2.